The molecule has 0 radical (unpaired) electrons. The second-order valence-corrected chi connectivity index (χ2v) is 5.21. The molecule has 2 aromatic carbocycles. The van der Waals surface area contributed by atoms with E-state index in [0.717, 1.165) is 0 Å². The molecule has 0 unspecified atom stereocenters. The molecule has 0 atom stereocenters. The van der Waals surface area contributed by atoms with Gasteiger partial charge in [0.05, 0.1) is 21.9 Å². The predicted octanol–water partition coefficient (Wildman–Crippen LogP) is 2.60. The van der Waals surface area contributed by atoms with Crippen LogP contribution in [-0.4, -0.2) is 15.9 Å². The highest BCUT2D eigenvalue weighted by Crippen LogP contribution is 2.21. The predicted molar refractivity (Wildman–Crippen MR) is 89.0 cm³/mol. The van der Waals surface area contributed by atoms with E-state index >= 15 is 0 Å². The van der Waals surface area contributed by atoms with Crippen molar-refractivity contribution in [1.29, 1.82) is 0 Å². The summed E-state index contributed by atoms with van der Waals surface area (Å²) in [4.78, 5) is 37.5. The molecule has 0 N–H and O–H groups in total. The van der Waals surface area contributed by atoms with Crippen molar-refractivity contribution >= 4 is 22.6 Å². The van der Waals surface area contributed by atoms with Crippen molar-refractivity contribution in [1.82, 2.24) is 4.98 Å². The molecular formula is C17H12N2O7. The maximum atomic E-state index is 12.1. The molecule has 3 rings (SSSR count). The van der Waals surface area contributed by atoms with Crippen molar-refractivity contribution < 1.29 is 23.6 Å². The van der Waals surface area contributed by atoms with Gasteiger partial charge in [0.2, 0.25) is 5.89 Å². The maximum Gasteiger partial charge on any atom is 0.347 e. The van der Waals surface area contributed by atoms with Crippen LogP contribution < -0.4 is 15.1 Å². The molecular weight excluding hydrogens is 344 g/mol. The molecule has 26 heavy (non-hydrogen) atoms. The number of nitro groups is 1. The summed E-state index contributed by atoms with van der Waals surface area (Å²) in [6.45, 7) is 1.07. The Balaban J connectivity index is 1.83. The van der Waals surface area contributed by atoms with Crippen LogP contribution in [0.15, 0.2) is 51.7 Å². The lowest BCUT2D eigenvalue weighted by molar-refractivity contribution is -0.384. The molecule has 132 valence electrons. The molecule has 0 spiro atoms. The zero-order valence-corrected chi connectivity index (χ0v) is 13.5. The maximum absolute atomic E-state index is 12.1. The third-order valence-corrected chi connectivity index (χ3v) is 3.30. The first kappa shape index (κ1) is 17.1. The number of carbonyl (C=O) groups is 1. The summed E-state index contributed by atoms with van der Waals surface area (Å²) in [6, 6.07) is 9.99. The van der Waals surface area contributed by atoms with Gasteiger partial charge in [-0.05, 0) is 24.3 Å². The molecule has 3 aromatic rings. The molecule has 0 aliphatic carbocycles. The van der Waals surface area contributed by atoms with E-state index in [1.807, 2.05) is 0 Å². The fourth-order valence-electron chi connectivity index (χ4n) is 2.22. The lowest BCUT2D eigenvalue weighted by atomic mass is 10.2. The summed E-state index contributed by atoms with van der Waals surface area (Å²) >= 11 is 0. The number of esters is 1. The Labute approximate surface area is 145 Å². The van der Waals surface area contributed by atoms with Crippen molar-refractivity contribution in [3.05, 3.63) is 68.9 Å². The van der Waals surface area contributed by atoms with Gasteiger partial charge in [0.15, 0.2) is 6.61 Å². The lowest BCUT2D eigenvalue weighted by Crippen LogP contribution is -2.08. The molecule has 0 saturated carbocycles. The number of carbonyl (C=O) groups excluding carboxylic acids is 1. The van der Waals surface area contributed by atoms with E-state index in [-0.39, 0.29) is 35.1 Å². The van der Waals surface area contributed by atoms with Crippen LogP contribution in [0.4, 0.5) is 5.69 Å². The van der Waals surface area contributed by atoms with Crippen molar-refractivity contribution in [2.24, 2.45) is 0 Å². The van der Waals surface area contributed by atoms with Gasteiger partial charge in [-0.2, -0.15) is 0 Å². The minimum Gasteiger partial charge on any atom is -0.484 e. The number of ether oxygens (including phenoxy) is 2. The van der Waals surface area contributed by atoms with Gasteiger partial charge in [-0.1, -0.05) is 6.07 Å². The van der Waals surface area contributed by atoms with E-state index in [0.29, 0.717) is 5.52 Å². The smallest absolute Gasteiger partial charge is 0.347 e. The van der Waals surface area contributed by atoms with Gasteiger partial charge in [-0.25, -0.2) is 9.78 Å². The van der Waals surface area contributed by atoms with Gasteiger partial charge in [-0.15, -0.1) is 0 Å². The summed E-state index contributed by atoms with van der Waals surface area (Å²) in [5, 5.41) is 10.9. The number of nitrogens with zero attached hydrogens (tertiary/aromatic N) is 2. The first-order valence-corrected chi connectivity index (χ1v) is 7.42. The van der Waals surface area contributed by atoms with Gasteiger partial charge in [0.1, 0.15) is 11.5 Å². The van der Waals surface area contributed by atoms with Gasteiger partial charge in [0.25, 0.3) is 5.69 Å². The largest absolute Gasteiger partial charge is 0.484 e. The standard InChI is InChI=1S/C17H12N2O7/c1-10(20)25-13-5-6-15-14(8-13)17(21)26-16(18-15)9-24-12-4-2-3-11(7-12)19(22)23/h2-8H,9H2,1H3. The first-order valence-electron chi connectivity index (χ1n) is 7.42. The SMILES string of the molecule is CC(=O)Oc1ccc2nc(COc3cccc([N+](=O)[O-])c3)oc(=O)c2c1. The summed E-state index contributed by atoms with van der Waals surface area (Å²) in [5.74, 6) is -0.0495. The number of rotatable bonds is 5. The Morgan fingerprint density at radius 3 is 2.77 bits per heavy atom. The van der Waals surface area contributed by atoms with Gasteiger partial charge >= 0.3 is 11.6 Å². The molecule has 0 saturated heterocycles. The van der Waals surface area contributed by atoms with Crippen molar-refractivity contribution in [3.63, 3.8) is 0 Å². The topological polar surface area (TPSA) is 122 Å². The zero-order valence-electron chi connectivity index (χ0n) is 13.5. The summed E-state index contributed by atoms with van der Waals surface area (Å²) in [5.41, 5.74) is -0.440. The van der Waals surface area contributed by atoms with Crippen LogP contribution in [-0.2, 0) is 11.4 Å². The number of fused-ring (bicyclic) bond motifs is 1. The third-order valence-electron chi connectivity index (χ3n) is 3.30. The first-order chi connectivity index (χ1) is 12.4. The Morgan fingerprint density at radius 1 is 1.23 bits per heavy atom. The van der Waals surface area contributed by atoms with Crippen LogP contribution in [0.1, 0.15) is 12.8 Å². The number of hydrogen-bond acceptors (Lipinski definition) is 8. The second kappa shape index (κ2) is 7.01. The molecule has 0 amide bonds. The fraction of sp³-hybridized carbons (Fsp3) is 0.118. The number of non-ortho nitro benzene ring substituents is 1. The normalized spacial score (nSPS) is 10.5. The van der Waals surface area contributed by atoms with E-state index in [1.54, 1.807) is 0 Å². The van der Waals surface area contributed by atoms with Gasteiger partial charge < -0.3 is 13.9 Å². The highest BCUT2D eigenvalue weighted by Gasteiger charge is 2.11. The highest BCUT2D eigenvalue weighted by atomic mass is 16.6. The Hall–Kier alpha value is -3.75. The van der Waals surface area contributed by atoms with Crippen molar-refractivity contribution in [2.45, 2.75) is 13.5 Å². The quantitative estimate of drug-likeness (QED) is 0.296. The molecule has 0 fully saturated rings. The average molecular weight is 356 g/mol. The molecule has 0 bridgehead atoms. The van der Waals surface area contributed by atoms with Crippen LogP contribution in [0, 0.1) is 10.1 Å². The minimum atomic E-state index is -0.665. The number of aromatic nitrogens is 1. The van der Waals surface area contributed by atoms with Gasteiger partial charge in [0, 0.05) is 13.0 Å². The molecule has 0 aliphatic rings. The van der Waals surface area contributed by atoms with Crippen LogP contribution in [0.25, 0.3) is 10.9 Å². The van der Waals surface area contributed by atoms with E-state index in [9.17, 15) is 19.7 Å². The van der Waals surface area contributed by atoms with E-state index < -0.39 is 16.5 Å². The summed E-state index contributed by atoms with van der Waals surface area (Å²) < 4.78 is 15.4. The second-order valence-electron chi connectivity index (χ2n) is 5.21. The Bertz CT molecular complexity index is 1060. The number of nitro benzene ring substituents is 1. The Morgan fingerprint density at radius 2 is 2.04 bits per heavy atom. The zero-order chi connectivity index (χ0) is 18.7. The Kier molecular flexibility index (Phi) is 4.61. The summed E-state index contributed by atoms with van der Waals surface area (Å²) in [7, 11) is 0. The molecule has 0 aliphatic heterocycles. The average Bonchev–Trinajstić information content (AvgIpc) is 2.60. The van der Waals surface area contributed by atoms with E-state index in [1.165, 1.54) is 49.4 Å². The molecule has 1 aromatic heterocycles. The van der Waals surface area contributed by atoms with Crippen LogP contribution in [0.2, 0.25) is 0 Å². The third kappa shape index (κ3) is 3.83. The van der Waals surface area contributed by atoms with E-state index in [2.05, 4.69) is 4.98 Å². The summed E-state index contributed by atoms with van der Waals surface area (Å²) in [6.07, 6.45) is 0. The molecule has 9 heteroatoms. The van der Waals surface area contributed by atoms with Gasteiger partial charge in [-0.3, -0.25) is 14.9 Å². The van der Waals surface area contributed by atoms with Crippen LogP contribution in [0.5, 0.6) is 11.5 Å². The number of benzene rings is 2. The van der Waals surface area contributed by atoms with Crippen molar-refractivity contribution in [3.8, 4) is 11.5 Å². The highest BCUT2D eigenvalue weighted by molar-refractivity contribution is 5.80. The monoisotopic (exact) mass is 356 g/mol. The van der Waals surface area contributed by atoms with Crippen LogP contribution >= 0.6 is 0 Å². The minimum absolute atomic E-state index is 0.00856. The van der Waals surface area contributed by atoms with Crippen molar-refractivity contribution in [2.75, 3.05) is 0 Å². The molecule has 9 nitrogen and oxygen atoms in total. The number of hydrogen-bond donors (Lipinski definition) is 0. The lowest BCUT2D eigenvalue weighted by Gasteiger charge is -2.06. The van der Waals surface area contributed by atoms with E-state index in [4.69, 9.17) is 13.9 Å². The molecule has 1 heterocycles. The van der Waals surface area contributed by atoms with Crippen LogP contribution in [0.3, 0.4) is 0 Å². The fourth-order valence-corrected chi connectivity index (χ4v) is 2.22.